The molecule has 0 bridgehead atoms. The number of anilines is 5. The molecule has 53 heavy (non-hydrogen) atoms. The van der Waals surface area contributed by atoms with Gasteiger partial charge in [-0.05, 0) is 115 Å². The van der Waals surface area contributed by atoms with Crippen LogP contribution in [0.25, 0.3) is 11.1 Å². The second-order valence-electron chi connectivity index (χ2n) is 20.0. The molecule has 2 nitrogen and oxygen atoms in total. The lowest BCUT2D eigenvalue weighted by atomic mass is 9.79. The number of benzene rings is 5. The van der Waals surface area contributed by atoms with Crippen molar-refractivity contribution >= 4 is 40.0 Å². The summed E-state index contributed by atoms with van der Waals surface area (Å²) in [5.41, 5.74) is 13.8. The molecular formula is C50H63ClN2. The molecule has 5 aromatic rings. The van der Waals surface area contributed by atoms with Gasteiger partial charge in [-0.15, -0.1) is 0 Å². The summed E-state index contributed by atoms with van der Waals surface area (Å²) in [4.78, 5) is 2.32. The fourth-order valence-corrected chi connectivity index (χ4v) is 6.79. The summed E-state index contributed by atoms with van der Waals surface area (Å²) in [7, 11) is 0. The fraction of sp³-hybridized carbons (Fsp3) is 0.400. The SMILES string of the molecule is CC(C)(C)c1ccc(Nc2cc(-c3cc(C(C)(C)C)cc(C(C)(C)C)c3)cc(N(c3ccc(C(C)(C)C)cc3)c3ccc(C(C)(C)C)cc3)c2Cl)cc1. The molecule has 0 radical (unpaired) electrons. The first-order valence-electron chi connectivity index (χ1n) is 19.2. The summed E-state index contributed by atoms with van der Waals surface area (Å²) in [6.45, 7) is 34.1. The Balaban J connectivity index is 1.80. The molecule has 1 N–H and O–H groups in total. The minimum absolute atomic E-state index is 0.0171. The number of rotatable bonds is 6. The van der Waals surface area contributed by atoms with Crippen molar-refractivity contribution in [2.75, 3.05) is 10.2 Å². The number of hydrogen-bond acceptors (Lipinski definition) is 2. The maximum atomic E-state index is 7.63. The second kappa shape index (κ2) is 14.3. The van der Waals surface area contributed by atoms with E-state index in [0.717, 1.165) is 34.0 Å². The van der Waals surface area contributed by atoms with Crippen LogP contribution >= 0.6 is 11.6 Å². The predicted octanol–water partition coefficient (Wildman–Crippen LogP) is 15.7. The molecule has 0 aliphatic carbocycles. The molecule has 0 saturated carbocycles. The maximum absolute atomic E-state index is 7.63. The normalized spacial score (nSPS) is 12.9. The minimum atomic E-state index is -0.0171. The lowest BCUT2D eigenvalue weighted by molar-refractivity contribution is 0.569. The van der Waals surface area contributed by atoms with E-state index >= 15 is 0 Å². The molecule has 0 aromatic heterocycles. The molecular weight excluding hydrogens is 664 g/mol. The first kappa shape index (κ1) is 40.2. The van der Waals surface area contributed by atoms with Crippen molar-refractivity contribution in [3.05, 3.63) is 136 Å². The van der Waals surface area contributed by atoms with Gasteiger partial charge in [-0.25, -0.2) is 0 Å². The highest BCUT2D eigenvalue weighted by atomic mass is 35.5. The lowest BCUT2D eigenvalue weighted by Gasteiger charge is -2.30. The van der Waals surface area contributed by atoms with Crippen LogP contribution in [0, 0.1) is 0 Å². The summed E-state index contributed by atoms with van der Waals surface area (Å²) in [6.07, 6.45) is 0. The Morgan fingerprint density at radius 1 is 0.396 bits per heavy atom. The van der Waals surface area contributed by atoms with Gasteiger partial charge in [0.25, 0.3) is 0 Å². The first-order chi connectivity index (χ1) is 24.3. The van der Waals surface area contributed by atoms with Crippen LogP contribution < -0.4 is 10.2 Å². The van der Waals surface area contributed by atoms with Crippen molar-refractivity contribution in [2.45, 2.75) is 131 Å². The average molecular weight is 728 g/mol. The Hall–Kier alpha value is -4.01. The van der Waals surface area contributed by atoms with E-state index in [1.807, 2.05) is 0 Å². The van der Waals surface area contributed by atoms with Gasteiger partial charge in [0.15, 0.2) is 0 Å². The quantitative estimate of drug-likeness (QED) is 0.187. The highest BCUT2D eigenvalue weighted by Gasteiger charge is 2.25. The number of hydrogen-bond donors (Lipinski definition) is 1. The smallest absolute Gasteiger partial charge is 0.0881 e. The second-order valence-corrected chi connectivity index (χ2v) is 20.4. The average Bonchev–Trinajstić information content (AvgIpc) is 3.05. The Labute approximate surface area is 327 Å². The van der Waals surface area contributed by atoms with E-state index in [2.05, 4.69) is 217 Å². The summed E-state index contributed by atoms with van der Waals surface area (Å²) in [5, 5.41) is 4.41. The number of nitrogens with one attached hydrogen (secondary N) is 1. The van der Waals surface area contributed by atoms with E-state index in [0.29, 0.717) is 5.02 Å². The third-order valence-corrected chi connectivity index (χ3v) is 10.7. The van der Waals surface area contributed by atoms with Crippen molar-refractivity contribution in [3.8, 4) is 11.1 Å². The van der Waals surface area contributed by atoms with E-state index < -0.39 is 0 Å². The van der Waals surface area contributed by atoms with Crippen molar-refractivity contribution in [1.29, 1.82) is 0 Å². The molecule has 0 amide bonds. The van der Waals surface area contributed by atoms with E-state index in [9.17, 15) is 0 Å². The molecule has 5 rings (SSSR count). The summed E-state index contributed by atoms with van der Waals surface area (Å²) < 4.78 is 0. The van der Waals surface area contributed by atoms with Crippen molar-refractivity contribution in [3.63, 3.8) is 0 Å². The molecule has 0 spiro atoms. The van der Waals surface area contributed by atoms with Crippen LogP contribution in [0.15, 0.2) is 103 Å². The summed E-state index contributed by atoms with van der Waals surface area (Å²) in [5.74, 6) is 0. The van der Waals surface area contributed by atoms with Crippen LogP contribution in [0.5, 0.6) is 0 Å². The summed E-state index contributed by atoms with van der Waals surface area (Å²) >= 11 is 7.63. The zero-order valence-corrected chi connectivity index (χ0v) is 35.9. The van der Waals surface area contributed by atoms with Crippen LogP contribution in [-0.2, 0) is 27.1 Å². The van der Waals surface area contributed by atoms with Crippen LogP contribution in [-0.4, -0.2) is 0 Å². The zero-order chi connectivity index (χ0) is 39.3. The highest BCUT2D eigenvalue weighted by molar-refractivity contribution is 6.36. The predicted molar refractivity (Wildman–Crippen MR) is 235 cm³/mol. The first-order valence-corrected chi connectivity index (χ1v) is 19.6. The summed E-state index contributed by atoms with van der Waals surface area (Å²) in [6, 6.07) is 38.3. The highest BCUT2D eigenvalue weighted by Crippen LogP contribution is 2.47. The Bertz CT molecular complexity index is 1940. The van der Waals surface area contributed by atoms with Crippen molar-refractivity contribution in [1.82, 2.24) is 0 Å². The zero-order valence-electron chi connectivity index (χ0n) is 35.1. The molecule has 280 valence electrons. The van der Waals surface area contributed by atoms with Gasteiger partial charge in [0.2, 0.25) is 0 Å². The molecule has 0 unspecified atom stereocenters. The molecule has 5 aromatic carbocycles. The van der Waals surface area contributed by atoms with Crippen molar-refractivity contribution < 1.29 is 0 Å². The number of halogens is 1. The largest absolute Gasteiger partial charge is 0.354 e. The third kappa shape index (κ3) is 9.39. The standard InChI is InChI=1S/C50H63ClN2/c1-46(2,3)35-16-22-40(23-17-35)52-43-30-34(33-28-38(49(10,11)12)32-39(29-33)50(13,14)15)31-44(45(43)51)53(41-24-18-36(19-25-41)47(4,5)6)42-26-20-37(21-27-42)48(7,8)9/h16-32,52H,1-15H3. The third-order valence-electron chi connectivity index (χ3n) is 10.3. The minimum Gasteiger partial charge on any atom is -0.354 e. The van der Waals surface area contributed by atoms with E-state index in [4.69, 9.17) is 11.6 Å². The van der Waals surface area contributed by atoms with Crippen molar-refractivity contribution in [2.24, 2.45) is 0 Å². The van der Waals surface area contributed by atoms with Gasteiger partial charge in [-0.2, -0.15) is 0 Å². The molecule has 0 heterocycles. The van der Waals surface area contributed by atoms with Gasteiger partial charge in [-0.3, -0.25) is 0 Å². The van der Waals surface area contributed by atoms with Crippen LogP contribution in [0.2, 0.25) is 5.02 Å². The Kier molecular flexibility index (Phi) is 10.9. The van der Waals surface area contributed by atoms with Crippen LogP contribution in [0.3, 0.4) is 0 Å². The van der Waals surface area contributed by atoms with Gasteiger partial charge < -0.3 is 10.2 Å². The van der Waals surface area contributed by atoms with Crippen LogP contribution in [0.4, 0.5) is 28.4 Å². The number of nitrogens with zero attached hydrogens (tertiary/aromatic N) is 1. The van der Waals surface area contributed by atoms with Gasteiger partial charge in [0, 0.05) is 17.1 Å². The topological polar surface area (TPSA) is 15.3 Å². The molecule has 3 heteroatoms. The molecule has 0 aliphatic rings. The van der Waals surface area contributed by atoms with E-state index in [1.165, 1.54) is 33.4 Å². The van der Waals surface area contributed by atoms with Gasteiger partial charge >= 0.3 is 0 Å². The van der Waals surface area contributed by atoms with Gasteiger partial charge in [0.1, 0.15) is 0 Å². The lowest BCUT2D eigenvalue weighted by Crippen LogP contribution is -2.16. The Morgan fingerprint density at radius 3 is 1.09 bits per heavy atom. The molecule has 0 atom stereocenters. The van der Waals surface area contributed by atoms with Gasteiger partial charge in [0.05, 0.1) is 16.4 Å². The monoisotopic (exact) mass is 726 g/mol. The van der Waals surface area contributed by atoms with E-state index in [1.54, 1.807) is 0 Å². The Morgan fingerprint density at radius 2 is 0.736 bits per heavy atom. The van der Waals surface area contributed by atoms with Gasteiger partial charge in [-0.1, -0.05) is 170 Å². The maximum Gasteiger partial charge on any atom is 0.0881 e. The molecule has 0 saturated heterocycles. The van der Waals surface area contributed by atoms with E-state index in [-0.39, 0.29) is 27.1 Å². The molecule has 0 fully saturated rings. The fourth-order valence-electron chi connectivity index (χ4n) is 6.55. The molecule has 0 aliphatic heterocycles. The van der Waals surface area contributed by atoms with Crippen LogP contribution in [0.1, 0.15) is 132 Å².